The Hall–Kier alpha value is -4.43. The molecule has 1 N–H and O–H groups in total. The number of nitrogens with zero attached hydrogens (tertiary/aromatic N) is 2. The third kappa shape index (κ3) is 6.95. The molecular formula is C32H33N3O4S. The zero-order chi connectivity index (χ0) is 28.5. The number of carbonyl (C=O) groups is 2. The Balaban J connectivity index is 1.77. The number of likely N-dealkylation sites (N-methyl/N-ethyl adjacent to an activating group) is 1. The first-order valence-corrected chi connectivity index (χ1v) is 14.5. The summed E-state index contributed by atoms with van der Waals surface area (Å²) in [5.41, 5.74) is 2.93. The number of nitrogens with one attached hydrogen (secondary N) is 1. The number of hydrogen-bond acceptors (Lipinski definition) is 4. The molecule has 0 aliphatic carbocycles. The van der Waals surface area contributed by atoms with Crippen LogP contribution in [-0.4, -0.2) is 44.8 Å². The standard InChI is InChI=1S/C32H33N3O4S/c1-25-13-12-18-28(21-25)35(40(38,39)29-19-10-5-11-20-29)24-31(36)34(23-27-16-8-4-9-17-27)30(32(37)33-2)22-26-14-6-3-7-15-26/h3-21,30H,22-24H2,1-2H3,(H,33,37)/t30-/m1/s1. The van der Waals surface area contributed by atoms with Crippen molar-refractivity contribution in [2.75, 3.05) is 17.9 Å². The second-order valence-electron chi connectivity index (χ2n) is 9.49. The summed E-state index contributed by atoms with van der Waals surface area (Å²) in [5.74, 6) is -0.824. The van der Waals surface area contributed by atoms with Crippen LogP contribution in [0.2, 0.25) is 0 Å². The molecule has 0 unspecified atom stereocenters. The van der Waals surface area contributed by atoms with Gasteiger partial charge in [0.15, 0.2) is 0 Å². The van der Waals surface area contributed by atoms with Gasteiger partial charge in [-0.2, -0.15) is 0 Å². The fraction of sp³-hybridized carbons (Fsp3) is 0.188. The predicted molar refractivity (Wildman–Crippen MR) is 157 cm³/mol. The molecule has 4 aromatic rings. The topological polar surface area (TPSA) is 86.8 Å². The molecular weight excluding hydrogens is 522 g/mol. The number of sulfonamides is 1. The molecule has 4 aromatic carbocycles. The smallest absolute Gasteiger partial charge is 0.264 e. The van der Waals surface area contributed by atoms with E-state index in [1.807, 2.05) is 73.7 Å². The number of aryl methyl sites for hydroxylation is 1. The Morgan fingerprint density at radius 2 is 1.35 bits per heavy atom. The number of benzene rings is 4. The van der Waals surface area contributed by atoms with Gasteiger partial charge in [-0.25, -0.2) is 8.42 Å². The second kappa shape index (κ2) is 13.1. The number of rotatable bonds is 11. The Morgan fingerprint density at radius 1 is 0.775 bits per heavy atom. The summed E-state index contributed by atoms with van der Waals surface area (Å²) >= 11 is 0. The molecule has 0 spiro atoms. The van der Waals surface area contributed by atoms with Gasteiger partial charge in [0.1, 0.15) is 12.6 Å². The van der Waals surface area contributed by atoms with Gasteiger partial charge in [0.25, 0.3) is 10.0 Å². The van der Waals surface area contributed by atoms with Gasteiger partial charge in [0.05, 0.1) is 10.6 Å². The van der Waals surface area contributed by atoms with E-state index in [1.54, 1.807) is 36.4 Å². The zero-order valence-electron chi connectivity index (χ0n) is 22.6. The van der Waals surface area contributed by atoms with E-state index in [1.165, 1.54) is 24.1 Å². The van der Waals surface area contributed by atoms with Crippen molar-refractivity contribution in [2.24, 2.45) is 0 Å². The number of anilines is 1. The van der Waals surface area contributed by atoms with Gasteiger partial charge in [0.2, 0.25) is 11.8 Å². The highest BCUT2D eigenvalue weighted by Gasteiger charge is 2.34. The summed E-state index contributed by atoms with van der Waals surface area (Å²) in [6.07, 6.45) is 0.273. The maximum atomic E-state index is 14.2. The normalized spacial score (nSPS) is 11.8. The fourth-order valence-electron chi connectivity index (χ4n) is 4.53. The Labute approximate surface area is 236 Å². The summed E-state index contributed by atoms with van der Waals surface area (Å²) in [7, 11) is -2.57. The maximum absolute atomic E-state index is 14.2. The SMILES string of the molecule is CNC(=O)[C@@H](Cc1ccccc1)N(Cc1ccccc1)C(=O)CN(c1cccc(C)c1)S(=O)(=O)c1ccccc1. The van der Waals surface area contributed by atoms with Crippen LogP contribution < -0.4 is 9.62 Å². The van der Waals surface area contributed by atoms with Crippen molar-refractivity contribution < 1.29 is 18.0 Å². The molecule has 4 rings (SSSR count). The van der Waals surface area contributed by atoms with E-state index in [2.05, 4.69) is 5.32 Å². The first kappa shape index (κ1) is 28.6. The minimum absolute atomic E-state index is 0.0750. The molecule has 0 bridgehead atoms. The van der Waals surface area contributed by atoms with Crippen LogP contribution in [0, 0.1) is 6.92 Å². The summed E-state index contributed by atoms with van der Waals surface area (Å²) < 4.78 is 28.9. The van der Waals surface area contributed by atoms with E-state index in [9.17, 15) is 18.0 Å². The van der Waals surface area contributed by atoms with Gasteiger partial charge in [-0.05, 0) is 47.9 Å². The van der Waals surface area contributed by atoms with Crippen LogP contribution >= 0.6 is 0 Å². The van der Waals surface area contributed by atoms with Gasteiger partial charge in [-0.15, -0.1) is 0 Å². The first-order valence-electron chi connectivity index (χ1n) is 13.0. The van der Waals surface area contributed by atoms with Crippen LogP contribution in [-0.2, 0) is 32.6 Å². The molecule has 0 saturated carbocycles. The van der Waals surface area contributed by atoms with Crippen molar-refractivity contribution in [1.29, 1.82) is 0 Å². The van der Waals surface area contributed by atoms with Crippen LogP contribution in [0.25, 0.3) is 0 Å². The highest BCUT2D eigenvalue weighted by atomic mass is 32.2. The molecule has 1 atom stereocenters. The van der Waals surface area contributed by atoms with E-state index < -0.39 is 28.5 Å². The van der Waals surface area contributed by atoms with Crippen molar-refractivity contribution in [3.63, 3.8) is 0 Å². The maximum Gasteiger partial charge on any atom is 0.264 e. The predicted octanol–water partition coefficient (Wildman–Crippen LogP) is 4.58. The molecule has 0 aromatic heterocycles. The lowest BCUT2D eigenvalue weighted by Gasteiger charge is -2.33. The largest absolute Gasteiger partial charge is 0.357 e. The van der Waals surface area contributed by atoms with Crippen LogP contribution in [0.3, 0.4) is 0 Å². The minimum Gasteiger partial charge on any atom is -0.357 e. The van der Waals surface area contributed by atoms with Crippen molar-refractivity contribution in [2.45, 2.75) is 30.8 Å². The van der Waals surface area contributed by atoms with Crippen molar-refractivity contribution in [3.05, 3.63) is 132 Å². The lowest BCUT2D eigenvalue weighted by Crippen LogP contribution is -2.53. The molecule has 206 valence electrons. The average molecular weight is 556 g/mol. The average Bonchev–Trinajstić information content (AvgIpc) is 2.98. The Morgan fingerprint density at radius 3 is 1.93 bits per heavy atom. The van der Waals surface area contributed by atoms with Gasteiger partial charge in [-0.1, -0.05) is 91.0 Å². The lowest BCUT2D eigenvalue weighted by atomic mass is 10.0. The van der Waals surface area contributed by atoms with E-state index >= 15 is 0 Å². The molecule has 40 heavy (non-hydrogen) atoms. The summed E-state index contributed by atoms with van der Waals surface area (Å²) in [5, 5.41) is 2.69. The van der Waals surface area contributed by atoms with E-state index in [-0.39, 0.29) is 23.8 Å². The molecule has 8 heteroatoms. The molecule has 0 radical (unpaired) electrons. The molecule has 0 heterocycles. The fourth-order valence-corrected chi connectivity index (χ4v) is 5.96. The Kier molecular flexibility index (Phi) is 9.35. The molecule has 2 amide bonds. The van der Waals surface area contributed by atoms with Gasteiger partial charge in [0, 0.05) is 20.0 Å². The first-order chi connectivity index (χ1) is 19.3. The van der Waals surface area contributed by atoms with Crippen LogP contribution in [0.5, 0.6) is 0 Å². The third-order valence-corrected chi connectivity index (χ3v) is 8.40. The van der Waals surface area contributed by atoms with Crippen molar-refractivity contribution in [1.82, 2.24) is 10.2 Å². The molecule has 0 aliphatic rings. The lowest BCUT2D eigenvalue weighted by molar-refractivity contribution is -0.139. The number of hydrogen-bond donors (Lipinski definition) is 1. The highest BCUT2D eigenvalue weighted by Crippen LogP contribution is 2.25. The van der Waals surface area contributed by atoms with Gasteiger partial charge < -0.3 is 10.2 Å². The molecule has 0 aliphatic heterocycles. The quantitative estimate of drug-likeness (QED) is 0.294. The third-order valence-electron chi connectivity index (χ3n) is 6.61. The van der Waals surface area contributed by atoms with Crippen LogP contribution in [0.15, 0.2) is 120 Å². The van der Waals surface area contributed by atoms with Gasteiger partial charge >= 0.3 is 0 Å². The molecule has 0 saturated heterocycles. The summed E-state index contributed by atoms with van der Waals surface area (Å²) in [6.45, 7) is 1.52. The van der Waals surface area contributed by atoms with Crippen molar-refractivity contribution in [3.8, 4) is 0 Å². The van der Waals surface area contributed by atoms with Crippen LogP contribution in [0.4, 0.5) is 5.69 Å². The van der Waals surface area contributed by atoms with E-state index in [0.29, 0.717) is 5.69 Å². The minimum atomic E-state index is -4.10. The zero-order valence-corrected chi connectivity index (χ0v) is 23.4. The molecule has 0 fully saturated rings. The van der Waals surface area contributed by atoms with E-state index in [4.69, 9.17) is 0 Å². The van der Waals surface area contributed by atoms with Crippen LogP contribution in [0.1, 0.15) is 16.7 Å². The monoisotopic (exact) mass is 555 g/mol. The Bertz CT molecular complexity index is 1530. The van der Waals surface area contributed by atoms with Gasteiger partial charge in [-0.3, -0.25) is 13.9 Å². The van der Waals surface area contributed by atoms with Crippen molar-refractivity contribution >= 4 is 27.5 Å². The highest BCUT2D eigenvalue weighted by molar-refractivity contribution is 7.92. The van der Waals surface area contributed by atoms with E-state index in [0.717, 1.165) is 21.0 Å². The summed E-state index contributed by atoms with van der Waals surface area (Å²) in [6, 6.07) is 33.0. The second-order valence-corrected chi connectivity index (χ2v) is 11.4. The number of carbonyl (C=O) groups excluding carboxylic acids is 2. The molecule has 7 nitrogen and oxygen atoms in total. The summed E-state index contributed by atoms with van der Waals surface area (Å²) in [4.78, 5) is 29.0. The number of amides is 2.